The smallest absolute Gasteiger partial charge is 0.336 e. The summed E-state index contributed by atoms with van der Waals surface area (Å²) in [7, 11) is 0. The Kier molecular flexibility index (Phi) is 5.14. The van der Waals surface area contributed by atoms with Gasteiger partial charge in [-0.1, -0.05) is 15.9 Å². The monoisotopic (exact) mass is 386 g/mol. The number of hydrogen-bond donors (Lipinski definition) is 0. The third-order valence-corrected chi connectivity index (χ3v) is 4.18. The van der Waals surface area contributed by atoms with E-state index in [2.05, 4.69) is 26.9 Å². The number of hydrogen-bond acceptors (Lipinski definition) is 5. The molecule has 3 rings (SSSR count). The van der Waals surface area contributed by atoms with E-state index in [-0.39, 0.29) is 5.63 Å². The Labute approximate surface area is 147 Å². The van der Waals surface area contributed by atoms with Gasteiger partial charge in [0.25, 0.3) is 0 Å². The summed E-state index contributed by atoms with van der Waals surface area (Å²) in [6.45, 7) is 1.70. The predicted molar refractivity (Wildman–Crippen MR) is 93.2 cm³/mol. The van der Waals surface area contributed by atoms with Crippen molar-refractivity contribution >= 4 is 26.9 Å². The van der Waals surface area contributed by atoms with Crippen LogP contribution in [0.5, 0.6) is 0 Å². The van der Waals surface area contributed by atoms with E-state index in [1.807, 2.05) is 24.3 Å². The van der Waals surface area contributed by atoms with E-state index in [9.17, 15) is 4.79 Å². The third kappa shape index (κ3) is 3.94. The van der Waals surface area contributed by atoms with Gasteiger partial charge in [-0.05, 0) is 35.9 Å². The van der Waals surface area contributed by atoms with E-state index < -0.39 is 0 Å². The van der Waals surface area contributed by atoms with E-state index >= 15 is 0 Å². The highest BCUT2D eigenvalue weighted by Gasteiger charge is 2.13. The minimum absolute atomic E-state index is 0.381. The van der Waals surface area contributed by atoms with E-state index in [1.54, 1.807) is 12.3 Å². The summed E-state index contributed by atoms with van der Waals surface area (Å²) in [4.78, 5) is 13.9. The summed E-state index contributed by atoms with van der Waals surface area (Å²) < 4.78 is 11.5. The minimum Gasteiger partial charge on any atom is -0.468 e. The van der Waals surface area contributed by atoms with E-state index in [0.717, 1.165) is 21.2 Å². The third-order valence-electron chi connectivity index (χ3n) is 3.69. The maximum Gasteiger partial charge on any atom is 0.336 e. The lowest BCUT2D eigenvalue weighted by Crippen LogP contribution is -2.24. The molecule has 6 heteroatoms. The van der Waals surface area contributed by atoms with Crippen LogP contribution >= 0.6 is 15.9 Å². The molecule has 0 aliphatic carbocycles. The zero-order valence-electron chi connectivity index (χ0n) is 12.9. The molecule has 24 heavy (non-hydrogen) atoms. The van der Waals surface area contributed by atoms with Crippen LogP contribution in [0.25, 0.3) is 11.0 Å². The van der Waals surface area contributed by atoms with Crippen LogP contribution in [0.15, 0.2) is 60.8 Å². The fourth-order valence-electron chi connectivity index (χ4n) is 2.62. The lowest BCUT2D eigenvalue weighted by Gasteiger charge is -2.20. The number of fused-ring (bicyclic) bond motifs is 1. The van der Waals surface area contributed by atoms with Crippen molar-refractivity contribution in [2.24, 2.45) is 0 Å². The largest absolute Gasteiger partial charge is 0.468 e. The molecule has 0 saturated carbocycles. The van der Waals surface area contributed by atoms with Gasteiger partial charge in [-0.15, -0.1) is 0 Å². The summed E-state index contributed by atoms with van der Waals surface area (Å²) in [5.74, 6) is 0.822. The highest BCUT2D eigenvalue weighted by molar-refractivity contribution is 9.10. The van der Waals surface area contributed by atoms with Crippen molar-refractivity contribution < 1.29 is 8.83 Å². The first-order valence-corrected chi connectivity index (χ1v) is 8.29. The second kappa shape index (κ2) is 7.47. The van der Waals surface area contributed by atoms with Crippen LogP contribution in [-0.2, 0) is 13.1 Å². The van der Waals surface area contributed by atoms with Gasteiger partial charge in [0.1, 0.15) is 11.3 Å². The minimum atomic E-state index is -0.381. The highest BCUT2D eigenvalue weighted by atomic mass is 79.9. The van der Waals surface area contributed by atoms with Gasteiger partial charge in [0.2, 0.25) is 0 Å². The summed E-state index contributed by atoms with van der Waals surface area (Å²) in [5, 5.41) is 9.77. The van der Waals surface area contributed by atoms with Crippen molar-refractivity contribution in [1.82, 2.24) is 4.90 Å². The van der Waals surface area contributed by atoms with Crippen molar-refractivity contribution in [2.75, 3.05) is 6.54 Å². The summed E-state index contributed by atoms with van der Waals surface area (Å²) in [6, 6.07) is 13.0. The van der Waals surface area contributed by atoms with Crippen LogP contribution in [0.1, 0.15) is 17.7 Å². The molecule has 0 amide bonds. The van der Waals surface area contributed by atoms with Gasteiger partial charge in [-0.3, -0.25) is 4.90 Å². The van der Waals surface area contributed by atoms with Crippen LogP contribution in [0.4, 0.5) is 0 Å². The topological polar surface area (TPSA) is 70.4 Å². The molecule has 0 aliphatic rings. The summed E-state index contributed by atoms with van der Waals surface area (Å²) >= 11 is 3.39. The molecule has 122 valence electrons. The molecule has 0 spiro atoms. The number of nitrogens with zero attached hydrogens (tertiary/aromatic N) is 2. The summed E-state index contributed by atoms with van der Waals surface area (Å²) in [5.41, 5.74) is 1.04. The molecule has 0 aliphatic heterocycles. The molecule has 0 unspecified atom stereocenters. The van der Waals surface area contributed by atoms with Gasteiger partial charge >= 0.3 is 5.63 Å². The van der Waals surface area contributed by atoms with Gasteiger partial charge in [-0.25, -0.2) is 4.79 Å². The van der Waals surface area contributed by atoms with Crippen LogP contribution in [0.3, 0.4) is 0 Å². The average molecular weight is 387 g/mol. The van der Waals surface area contributed by atoms with Gasteiger partial charge in [0, 0.05) is 35.4 Å². The van der Waals surface area contributed by atoms with Crippen LogP contribution in [0, 0.1) is 11.3 Å². The number of furan rings is 1. The number of nitriles is 1. The average Bonchev–Trinajstić information content (AvgIpc) is 3.05. The first kappa shape index (κ1) is 16.5. The Morgan fingerprint density at radius 2 is 2.08 bits per heavy atom. The van der Waals surface area contributed by atoms with Gasteiger partial charge < -0.3 is 8.83 Å². The molecule has 2 aromatic heterocycles. The number of rotatable bonds is 6. The molecular weight excluding hydrogens is 372 g/mol. The van der Waals surface area contributed by atoms with Crippen molar-refractivity contribution in [3.8, 4) is 6.07 Å². The van der Waals surface area contributed by atoms with Crippen LogP contribution in [0.2, 0.25) is 0 Å². The Bertz CT molecular complexity index is 926. The van der Waals surface area contributed by atoms with E-state index in [4.69, 9.17) is 14.1 Å². The zero-order valence-corrected chi connectivity index (χ0v) is 14.5. The molecule has 0 radical (unpaired) electrons. The molecule has 5 nitrogen and oxygen atoms in total. The summed E-state index contributed by atoms with van der Waals surface area (Å²) in [6.07, 6.45) is 2.04. The normalized spacial score (nSPS) is 11.0. The van der Waals surface area contributed by atoms with Crippen molar-refractivity contribution in [2.45, 2.75) is 19.5 Å². The second-order valence-corrected chi connectivity index (χ2v) is 6.34. The SMILES string of the molecule is N#CCCN(Cc1ccco1)Cc1cc(=O)oc2cc(Br)ccc12. The molecule has 3 aromatic rings. The molecule has 2 heterocycles. The highest BCUT2D eigenvalue weighted by Crippen LogP contribution is 2.23. The fraction of sp³-hybridized carbons (Fsp3) is 0.222. The quantitative estimate of drug-likeness (QED) is 0.597. The van der Waals surface area contributed by atoms with Crippen LogP contribution < -0.4 is 5.63 Å². The lowest BCUT2D eigenvalue weighted by molar-refractivity contribution is 0.241. The molecular formula is C18H15BrN2O3. The van der Waals surface area contributed by atoms with Crippen LogP contribution in [-0.4, -0.2) is 11.4 Å². The second-order valence-electron chi connectivity index (χ2n) is 5.43. The Morgan fingerprint density at radius 3 is 2.83 bits per heavy atom. The van der Waals surface area contributed by atoms with Crippen molar-refractivity contribution in [3.63, 3.8) is 0 Å². The molecule has 0 atom stereocenters. The molecule has 0 fully saturated rings. The first-order chi connectivity index (χ1) is 11.7. The van der Waals surface area contributed by atoms with E-state index in [0.29, 0.717) is 31.6 Å². The van der Waals surface area contributed by atoms with Crippen molar-refractivity contribution in [3.05, 3.63) is 68.9 Å². The Morgan fingerprint density at radius 1 is 1.21 bits per heavy atom. The van der Waals surface area contributed by atoms with Gasteiger partial charge in [-0.2, -0.15) is 5.26 Å². The van der Waals surface area contributed by atoms with Gasteiger partial charge in [0.15, 0.2) is 0 Å². The number of halogens is 1. The standard InChI is InChI=1S/C18H15BrN2O3/c19-14-4-5-16-13(9-18(22)24-17(16)10-14)11-21(7-2-6-20)12-15-3-1-8-23-15/h1,3-5,8-10H,2,7,11-12H2. The molecule has 1 aromatic carbocycles. The maximum atomic E-state index is 11.9. The van der Waals surface area contributed by atoms with E-state index in [1.165, 1.54) is 6.07 Å². The Hall–Kier alpha value is -2.36. The zero-order chi connectivity index (χ0) is 16.9. The van der Waals surface area contributed by atoms with Crippen molar-refractivity contribution in [1.29, 1.82) is 5.26 Å². The lowest BCUT2D eigenvalue weighted by atomic mass is 10.1. The molecule has 0 saturated heterocycles. The Balaban J connectivity index is 1.92. The first-order valence-electron chi connectivity index (χ1n) is 7.49. The molecule has 0 bridgehead atoms. The number of benzene rings is 1. The maximum absolute atomic E-state index is 11.9. The predicted octanol–water partition coefficient (Wildman–Crippen LogP) is 4.06. The molecule has 0 N–H and O–H groups in total. The van der Waals surface area contributed by atoms with Gasteiger partial charge in [0.05, 0.1) is 18.9 Å². The fourth-order valence-corrected chi connectivity index (χ4v) is 2.96.